The van der Waals surface area contributed by atoms with Crippen LogP contribution >= 0.6 is 11.3 Å². The molecule has 96 valence electrons. The van der Waals surface area contributed by atoms with E-state index in [9.17, 15) is 4.39 Å². The van der Waals surface area contributed by atoms with E-state index in [4.69, 9.17) is 0 Å². The van der Waals surface area contributed by atoms with Crippen LogP contribution in [0.4, 0.5) is 4.39 Å². The third kappa shape index (κ3) is 3.15. The van der Waals surface area contributed by atoms with Crippen LogP contribution in [0.2, 0.25) is 0 Å². The van der Waals surface area contributed by atoms with Gasteiger partial charge in [-0.1, -0.05) is 18.2 Å². The van der Waals surface area contributed by atoms with Crippen LogP contribution < -0.4 is 5.32 Å². The number of rotatable bonds is 5. The smallest absolute Gasteiger partial charge is 0.126 e. The topological polar surface area (TPSA) is 24.9 Å². The van der Waals surface area contributed by atoms with Crippen LogP contribution in [0.25, 0.3) is 0 Å². The highest BCUT2D eigenvalue weighted by Gasteiger charge is 2.16. The summed E-state index contributed by atoms with van der Waals surface area (Å²) in [6, 6.07) is 7.01. The second kappa shape index (κ2) is 6.07. The van der Waals surface area contributed by atoms with Gasteiger partial charge in [-0.2, -0.15) is 0 Å². The van der Waals surface area contributed by atoms with Crippen molar-refractivity contribution in [2.24, 2.45) is 0 Å². The fourth-order valence-electron chi connectivity index (χ4n) is 2.09. The molecule has 2 aromatic rings. The SMILES string of the molecule is CNCC(Cc1cnc(C)s1)c1ccccc1F. The number of thiazole rings is 1. The lowest BCUT2D eigenvalue weighted by Crippen LogP contribution is -2.19. The third-order valence-electron chi connectivity index (χ3n) is 2.91. The van der Waals surface area contributed by atoms with Gasteiger partial charge in [0, 0.05) is 23.5 Å². The van der Waals surface area contributed by atoms with E-state index in [1.54, 1.807) is 17.4 Å². The number of nitrogens with one attached hydrogen (secondary N) is 1. The minimum absolute atomic E-state index is 0.126. The number of aromatic nitrogens is 1. The summed E-state index contributed by atoms with van der Waals surface area (Å²) in [6.45, 7) is 2.75. The summed E-state index contributed by atoms with van der Waals surface area (Å²) in [7, 11) is 1.89. The molecular formula is C14H17FN2S. The van der Waals surface area contributed by atoms with Gasteiger partial charge in [-0.3, -0.25) is 0 Å². The molecule has 1 heterocycles. The van der Waals surface area contributed by atoms with Gasteiger partial charge < -0.3 is 5.32 Å². The Hall–Kier alpha value is -1.26. The van der Waals surface area contributed by atoms with Crippen molar-refractivity contribution in [1.29, 1.82) is 0 Å². The van der Waals surface area contributed by atoms with E-state index >= 15 is 0 Å². The highest BCUT2D eigenvalue weighted by molar-refractivity contribution is 7.11. The van der Waals surface area contributed by atoms with Crippen LogP contribution in [0, 0.1) is 12.7 Å². The van der Waals surface area contributed by atoms with Crippen LogP contribution in [-0.2, 0) is 6.42 Å². The minimum Gasteiger partial charge on any atom is -0.319 e. The van der Waals surface area contributed by atoms with E-state index in [1.165, 1.54) is 10.9 Å². The maximum absolute atomic E-state index is 13.8. The lowest BCUT2D eigenvalue weighted by molar-refractivity contribution is 0.558. The molecule has 1 atom stereocenters. The molecule has 0 spiro atoms. The Morgan fingerprint density at radius 2 is 2.17 bits per heavy atom. The fraction of sp³-hybridized carbons (Fsp3) is 0.357. The van der Waals surface area contributed by atoms with Gasteiger partial charge in [-0.25, -0.2) is 9.37 Å². The van der Waals surface area contributed by atoms with E-state index in [1.807, 2.05) is 32.3 Å². The standard InChI is InChI=1S/C14H17FN2S/c1-10-17-9-12(18-10)7-11(8-16-2)13-5-3-4-6-14(13)15/h3-6,9,11,16H,7-8H2,1-2H3. The number of nitrogens with zero attached hydrogens (tertiary/aromatic N) is 1. The van der Waals surface area contributed by atoms with E-state index in [0.29, 0.717) is 0 Å². The van der Waals surface area contributed by atoms with Crippen LogP contribution in [0.3, 0.4) is 0 Å². The van der Waals surface area contributed by atoms with Crippen molar-refractivity contribution in [2.75, 3.05) is 13.6 Å². The molecule has 4 heteroatoms. The fourth-order valence-corrected chi connectivity index (χ4v) is 2.96. The molecule has 0 saturated heterocycles. The Morgan fingerprint density at radius 1 is 1.39 bits per heavy atom. The lowest BCUT2D eigenvalue weighted by Gasteiger charge is -2.16. The zero-order valence-electron chi connectivity index (χ0n) is 10.6. The van der Waals surface area contributed by atoms with Gasteiger partial charge in [0.2, 0.25) is 0 Å². The highest BCUT2D eigenvalue weighted by atomic mass is 32.1. The Bertz CT molecular complexity index is 510. The molecule has 2 nitrogen and oxygen atoms in total. The molecule has 0 saturated carbocycles. The molecule has 0 bridgehead atoms. The Labute approximate surface area is 111 Å². The van der Waals surface area contributed by atoms with E-state index in [-0.39, 0.29) is 11.7 Å². The summed E-state index contributed by atoms with van der Waals surface area (Å²) in [5, 5.41) is 4.20. The monoisotopic (exact) mass is 264 g/mol. The van der Waals surface area contributed by atoms with Gasteiger partial charge in [-0.05, 0) is 32.0 Å². The zero-order valence-corrected chi connectivity index (χ0v) is 11.4. The van der Waals surface area contributed by atoms with Crippen LogP contribution in [0.1, 0.15) is 21.4 Å². The molecule has 1 aromatic carbocycles. The molecule has 0 aliphatic rings. The van der Waals surface area contributed by atoms with Crippen molar-refractivity contribution in [2.45, 2.75) is 19.3 Å². The minimum atomic E-state index is -0.126. The van der Waals surface area contributed by atoms with Gasteiger partial charge in [0.25, 0.3) is 0 Å². The Kier molecular flexibility index (Phi) is 4.44. The summed E-state index contributed by atoms with van der Waals surface area (Å²) in [5.41, 5.74) is 0.776. The molecule has 1 unspecified atom stereocenters. The molecule has 2 rings (SSSR count). The van der Waals surface area contributed by atoms with E-state index < -0.39 is 0 Å². The second-order valence-electron chi connectivity index (χ2n) is 4.33. The van der Waals surface area contributed by atoms with Crippen molar-refractivity contribution in [3.63, 3.8) is 0 Å². The first kappa shape index (κ1) is 13.2. The van der Waals surface area contributed by atoms with E-state index in [2.05, 4.69) is 10.3 Å². The number of benzene rings is 1. The second-order valence-corrected chi connectivity index (χ2v) is 5.65. The molecular weight excluding hydrogens is 247 g/mol. The number of hydrogen-bond acceptors (Lipinski definition) is 3. The number of halogens is 1. The van der Waals surface area contributed by atoms with Crippen molar-refractivity contribution < 1.29 is 4.39 Å². The largest absolute Gasteiger partial charge is 0.319 e. The molecule has 18 heavy (non-hydrogen) atoms. The number of hydrogen-bond donors (Lipinski definition) is 1. The summed E-state index contributed by atoms with van der Waals surface area (Å²) in [5.74, 6) is 0.0232. The summed E-state index contributed by atoms with van der Waals surface area (Å²) >= 11 is 1.68. The molecule has 1 aromatic heterocycles. The summed E-state index contributed by atoms with van der Waals surface area (Å²) in [4.78, 5) is 5.45. The maximum Gasteiger partial charge on any atom is 0.126 e. The van der Waals surface area contributed by atoms with Gasteiger partial charge >= 0.3 is 0 Å². The molecule has 0 amide bonds. The third-order valence-corrected chi connectivity index (χ3v) is 3.85. The predicted octanol–water partition coefficient (Wildman–Crippen LogP) is 3.14. The Morgan fingerprint density at radius 3 is 2.78 bits per heavy atom. The maximum atomic E-state index is 13.8. The molecule has 0 fully saturated rings. The zero-order chi connectivity index (χ0) is 13.0. The van der Waals surface area contributed by atoms with Crippen molar-refractivity contribution >= 4 is 11.3 Å². The lowest BCUT2D eigenvalue weighted by atomic mass is 9.94. The van der Waals surface area contributed by atoms with E-state index in [0.717, 1.165) is 23.5 Å². The molecule has 0 radical (unpaired) electrons. The van der Waals surface area contributed by atoms with Crippen LogP contribution in [0.5, 0.6) is 0 Å². The van der Waals surface area contributed by atoms with Gasteiger partial charge in [0.15, 0.2) is 0 Å². The normalized spacial score (nSPS) is 12.6. The average molecular weight is 264 g/mol. The first-order valence-electron chi connectivity index (χ1n) is 6.01. The number of likely N-dealkylation sites (N-methyl/N-ethyl adjacent to an activating group) is 1. The predicted molar refractivity (Wildman–Crippen MR) is 73.6 cm³/mol. The van der Waals surface area contributed by atoms with Gasteiger partial charge in [0.05, 0.1) is 5.01 Å². The van der Waals surface area contributed by atoms with Crippen LogP contribution in [-0.4, -0.2) is 18.6 Å². The van der Waals surface area contributed by atoms with Gasteiger partial charge in [0.1, 0.15) is 5.82 Å². The number of aryl methyl sites for hydroxylation is 1. The first-order chi connectivity index (χ1) is 8.70. The summed E-state index contributed by atoms with van der Waals surface area (Å²) < 4.78 is 13.8. The van der Waals surface area contributed by atoms with Crippen molar-refractivity contribution in [3.8, 4) is 0 Å². The summed E-state index contributed by atoms with van der Waals surface area (Å²) in [6.07, 6.45) is 2.72. The van der Waals surface area contributed by atoms with Gasteiger partial charge in [-0.15, -0.1) is 11.3 Å². The molecule has 0 aliphatic heterocycles. The average Bonchev–Trinajstić information content (AvgIpc) is 2.75. The van der Waals surface area contributed by atoms with Crippen molar-refractivity contribution in [3.05, 3.63) is 51.7 Å². The molecule has 0 aliphatic carbocycles. The first-order valence-corrected chi connectivity index (χ1v) is 6.82. The molecule has 1 N–H and O–H groups in total. The van der Waals surface area contributed by atoms with Crippen LogP contribution in [0.15, 0.2) is 30.5 Å². The highest BCUT2D eigenvalue weighted by Crippen LogP contribution is 2.25. The quantitative estimate of drug-likeness (QED) is 0.897. The van der Waals surface area contributed by atoms with Crippen molar-refractivity contribution in [1.82, 2.24) is 10.3 Å². The Balaban J connectivity index is 2.20.